The minimum atomic E-state index is 0.0853. The van der Waals surface area contributed by atoms with E-state index in [1.54, 1.807) is 6.20 Å². The molecule has 104 valence electrons. The first-order valence-electron chi connectivity index (χ1n) is 6.93. The minimum Gasteiger partial charge on any atom is -0.371 e. The molecule has 0 aliphatic carbocycles. The van der Waals surface area contributed by atoms with Gasteiger partial charge >= 0.3 is 0 Å². The highest BCUT2D eigenvalue weighted by atomic mass is 16.5. The Morgan fingerprint density at radius 2 is 2.20 bits per heavy atom. The molecule has 0 radical (unpaired) electrons. The Hall–Kier alpha value is -1.94. The molecule has 4 heteroatoms. The van der Waals surface area contributed by atoms with Crippen LogP contribution >= 0.6 is 0 Å². The summed E-state index contributed by atoms with van der Waals surface area (Å²) >= 11 is 0. The van der Waals surface area contributed by atoms with Gasteiger partial charge in [0.05, 0.1) is 6.04 Å². The van der Waals surface area contributed by atoms with E-state index in [1.807, 2.05) is 31.5 Å². The smallest absolute Gasteiger partial charge is 0.104 e. The number of aromatic nitrogens is 2. The molecule has 0 unspecified atom stereocenters. The fraction of sp³-hybridized carbons (Fsp3) is 0.375. The Bertz CT molecular complexity index is 573. The summed E-state index contributed by atoms with van der Waals surface area (Å²) < 4.78 is 5.93. The summed E-state index contributed by atoms with van der Waals surface area (Å²) in [5, 5.41) is 0. The van der Waals surface area contributed by atoms with Gasteiger partial charge in [-0.25, -0.2) is 0 Å². The van der Waals surface area contributed by atoms with Crippen LogP contribution in [0.1, 0.15) is 23.8 Å². The van der Waals surface area contributed by atoms with Crippen LogP contribution in [-0.2, 0) is 4.74 Å². The van der Waals surface area contributed by atoms with Gasteiger partial charge in [0.15, 0.2) is 0 Å². The zero-order chi connectivity index (χ0) is 13.9. The molecule has 1 aliphatic rings. The summed E-state index contributed by atoms with van der Waals surface area (Å²) in [5.74, 6) is 0. The zero-order valence-electron chi connectivity index (χ0n) is 11.9. The number of pyridine rings is 2. The van der Waals surface area contributed by atoms with Gasteiger partial charge in [-0.15, -0.1) is 0 Å². The van der Waals surface area contributed by atoms with Crippen molar-refractivity contribution in [1.82, 2.24) is 9.97 Å². The molecule has 2 atom stereocenters. The lowest BCUT2D eigenvalue weighted by molar-refractivity contribution is 0.104. The van der Waals surface area contributed by atoms with E-state index in [9.17, 15) is 0 Å². The lowest BCUT2D eigenvalue weighted by atomic mass is 10.0. The largest absolute Gasteiger partial charge is 0.371 e. The standard InChI is InChI=1S/C16H19N3O/c1-12-10-14(5-8-18-12)19(2)15-6-9-20-16(15)13-4-3-7-17-11-13/h3-5,7-8,10-11,15-16H,6,9H2,1-2H3/t15-,16+/m0/s1. The summed E-state index contributed by atoms with van der Waals surface area (Å²) in [4.78, 5) is 10.8. The average Bonchev–Trinajstić information content (AvgIpc) is 2.97. The van der Waals surface area contributed by atoms with Crippen LogP contribution in [-0.4, -0.2) is 29.7 Å². The van der Waals surface area contributed by atoms with E-state index in [1.165, 1.54) is 5.69 Å². The molecule has 2 aromatic heterocycles. The predicted octanol–water partition coefficient (Wildman–Crippen LogP) is 2.75. The lowest BCUT2D eigenvalue weighted by Crippen LogP contribution is -2.34. The molecule has 1 fully saturated rings. The van der Waals surface area contributed by atoms with Gasteiger partial charge in [-0.2, -0.15) is 0 Å². The molecule has 0 N–H and O–H groups in total. The van der Waals surface area contributed by atoms with Crippen molar-refractivity contribution in [1.29, 1.82) is 0 Å². The van der Waals surface area contributed by atoms with E-state index in [0.29, 0.717) is 6.04 Å². The van der Waals surface area contributed by atoms with E-state index in [-0.39, 0.29) is 6.10 Å². The number of aryl methyl sites for hydroxylation is 1. The number of ether oxygens (including phenoxy) is 1. The van der Waals surface area contributed by atoms with Crippen LogP contribution in [0.15, 0.2) is 42.9 Å². The highest BCUT2D eigenvalue weighted by Gasteiger charge is 2.33. The molecular formula is C16H19N3O. The van der Waals surface area contributed by atoms with Crippen LogP contribution in [0.25, 0.3) is 0 Å². The van der Waals surface area contributed by atoms with Crippen molar-refractivity contribution in [3.63, 3.8) is 0 Å². The molecule has 0 bridgehead atoms. The topological polar surface area (TPSA) is 38.2 Å². The van der Waals surface area contributed by atoms with E-state index in [4.69, 9.17) is 4.74 Å². The summed E-state index contributed by atoms with van der Waals surface area (Å²) in [6.45, 7) is 2.81. The number of hydrogen-bond donors (Lipinski definition) is 0. The number of nitrogens with zero attached hydrogens (tertiary/aromatic N) is 3. The molecule has 20 heavy (non-hydrogen) atoms. The maximum atomic E-state index is 5.93. The molecular weight excluding hydrogens is 250 g/mol. The van der Waals surface area contributed by atoms with Crippen LogP contribution in [0.3, 0.4) is 0 Å². The van der Waals surface area contributed by atoms with Crippen LogP contribution in [0, 0.1) is 6.92 Å². The second-order valence-corrected chi connectivity index (χ2v) is 5.20. The molecule has 4 nitrogen and oxygen atoms in total. The van der Waals surface area contributed by atoms with E-state index in [0.717, 1.165) is 24.3 Å². The van der Waals surface area contributed by atoms with E-state index >= 15 is 0 Å². The molecule has 3 rings (SSSR count). The van der Waals surface area contributed by atoms with Gasteiger partial charge in [-0.3, -0.25) is 9.97 Å². The van der Waals surface area contributed by atoms with E-state index < -0.39 is 0 Å². The third-order valence-corrected chi connectivity index (χ3v) is 3.86. The van der Waals surface area contributed by atoms with Gasteiger partial charge in [0.1, 0.15) is 6.10 Å². The maximum Gasteiger partial charge on any atom is 0.104 e. The molecule has 1 aliphatic heterocycles. The van der Waals surface area contributed by atoms with Crippen LogP contribution < -0.4 is 4.90 Å². The van der Waals surface area contributed by atoms with Gasteiger partial charge in [-0.05, 0) is 31.5 Å². The SMILES string of the molecule is Cc1cc(N(C)[C@H]2CCO[C@@H]2c2cccnc2)ccn1. The third-order valence-electron chi connectivity index (χ3n) is 3.86. The summed E-state index contributed by atoms with van der Waals surface area (Å²) in [6, 6.07) is 8.54. The van der Waals surface area contributed by atoms with Gasteiger partial charge in [0.25, 0.3) is 0 Å². The summed E-state index contributed by atoms with van der Waals surface area (Å²) in [7, 11) is 2.12. The Morgan fingerprint density at radius 1 is 1.30 bits per heavy atom. The number of likely N-dealkylation sites (N-methyl/N-ethyl adjacent to an activating group) is 1. The van der Waals surface area contributed by atoms with Crippen LogP contribution in [0.4, 0.5) is 5.69 Å². The van der Waals surface area contributed by atoms with E-state index in [2.05, 4.69) is 34.0 Å². The Kier molecular flexibility index (Phi) is 3.65. The number of hydrogen-bond acceptors (Lipinski definition) is 4. The fourth-order valence-electron chi connectivity index (χ4n) is 2.78. The molecule has 2 aromatic rings. The third kappa shape index (κ3) is 2.51. The molecule has 0 amide bonds. The fourth-order valence-corrected chi connectivity index (χ4v) is 2.78. The second kappa shape index (κ2) is 5.59. The Balaban J connectivity index is 1.85. The molecule has 0 aromatic carbocycles. The van der Waals surface area contributed by atoms with Crippen molar-refractivity contribution >= 4 is 5.69 Å². The minimum absolute atomic E-state index is 0.0853. The first-order valence-corrected chi connectivity index (χ1v) is 6.93. The number of rotatable bonds is 3. The summed E-state index contributed by atoms with van der Waals surface area (Å²) in [5.41, 5.74) is 3.36. The average molecular weight is 269 g/mol. The first-order chi connectivity index (χ1) is 9.75. The Labute approximate surface area is 119 Å². The van der Waals surface area contributed by atoms with Gasteiger partial charge in [-0.1, -0.05) is 6.07 Å². The molecule has 0 saturated carbocycles. The lowest BCUT2D eigenvalue weighted by Gasteiger charge is -2.30. The second-order valence-electron chi connectivity index (χ2n) is 5.20. The highest BCUT2D eigenvalue weighted by molar-refractivity contribution is 5.47. The van der Waals surface area contributed by atoms with Gasteiger partial charge < -0.3 is 9.64 Å². The van der Waals surface area contributed by atoms with Gasteiger partial charge in [0.2, 0.25) is 0 Å². The van der Waals surface area contributed by atoms with Crippen molar-refractivity contribution < 1.29 is 4.74 Å². The summed E-state index contributed by atoms with van der Waals surface area (Å²) in [6.07, 6.45) is 6.66. The quantitative estimate of drug-likeness (QED) is 0.858. The Morgan fingerprint density at radius 3 is 2.95 bits per heavy atom. The van der Waals surface area contributed by atoms with Crippen LogP contribution in [0.2, 0.25) is 0 Å². The number of anilines is 1. The normalized spacial score (nSPS) is 21.9. The highest BCUT2D eigenvalue weighted by Crippen LogP contribution is 2.34. The maximum absolute atomic E-state index is 5.93. The molecule has 3 heterocycles. The zero-order valence-corrected chi connectivity index (χ0v) is 11.9. The molecule has 1 saturated heterocycles. The first kappa shape index (κ1) is 13.1. The van der Waals surface area contributed by atoms with Crippen molar-refractivity contribution in [3.8, 4) is 0 Å². The van der Waals surface area contributed by atoms with Crippen molar-refractivity contribution in [3.05, 3.63) is 54.1 Å². The van der Waals surface area contributed by atoms with Crippen molar-refractivity contribution in [2.45, 2.75) is 25.5 Å². The van der Waals surface area contributed by atoms with Crippen LogP contribution in [0.5, 0.6) is 0 Å². The van der Waals surface area contributed by atoms with Gasteiger partial charge in [0, 0.05) is 49.2 Å². The molecule has 0 spiro atoms. The van der Waals surface area contributed by atoms with Crippen molar-refractivity contribution in [2.24, 2.45) is 0 Å². The van der Waals surface area contributed by atoms with Crippen molar-refractivity contribution in [2.75, 3.05) is 18.6 Å². The monoisotopic (exact) mass is 269 g/mol. The predicted molar refractivity (Wildman–Crippen MR) is 78.7 cm³/mol.